The van der Waals surface area contributed by atoms with Crippen LogP contribution >= 0.6 is 0 Å². The van der Waals surface area contributed by atoms with Crippen LogP contribution in [-0.4, -0.2) is 18.5 Å². The van der Waals surface area contributed by atoms with Gasteiger partial charge in [0.25, 0.3) is 0 Å². The van der Waals surface area contributed by atoms with E-state index in [1.807, 2.05) is 6.21 Å². The molecule has 0 N–H and O–H groups in total. The molecule has 0 amide bonds. The van der Waals surface area contributed by atoms with Crippen LogP contribution in [0.15, 0.2) is 34.3 Å². The highest BCUT2D eigenvalue weighted by Crippen LogP contribution is 2.28. The molecule has 0 aliphatic heterocycles. The Morgan fingerprint density at radius 2 is 1.68 bits per heavy atom. The monoisotopic (exact) mass is 300 g/mol. The minimum absolute atomic E-state index is 0.247. The van der Waals surface area contributed by atoms with Gasteiger partial charge in [-0.15, -0.1) is 0 Å². The molecule has 1 atom stereocenters. The van der Waals surface area contributed by atoms with E-state index in [0.29, 0.717) is 6.04 Å². The molecule has 0 radical (unpaired) electrons. The molecule has 0 spiro atoms. The highest BCUT2D eigenvalue weighted by Gasteiger charge is 2.17. The van der Waals surface area contributed by atoms with Crippen molar-refractivity contribution in [3.63, 3.8) is 0 Å². The predicted molar refractivity (Wildman–Crippen MR) is 100 cm³/mol. The third-order valence-electron chi connectivity index (χ3n) is 4.39. The summed E-state index contributed by atoms with van der Waals surface area (Å²) >= 11 is 0. The van der Waals surface area contributed by atoms with E-state index >= 15 is 0 Å². The third-order valence-corrected chi connectivity index (χ3v) is 4.39. The van der Waals surface area contributed by atoms with E-state index in [4.69, 9.17) is 0 Å². The lowest BCUT2D eigenvalue weighted by Crippen LogP contribution is -2.14. The van der Waals surface area contributed by atoms with E-state index in [0.717, 1.165) is 37.8 Å². The summed E-state index contributed by atoms with van der Waals surface area (Å²) in [5, 5.41) is 0. The van der Waals surface area contributed by atoms with Crippen LogP contribution in [0.4, 0.5) is 5.69 Å². The Kier molecular flexibility index (Phi) is 8.08. The molecule has 2 nitrogen and oxygen atoms in total. The summed E-state index contributed by atoms with van der Waals surface area (Å²) < 4.78 is 0. The zero-order valence-corrected chi connectivity index (χ0v) is 15.0. The zero-order valence-electron chi connectivity index (χ0n) is 15.0. The van der Waals surface area contributed by atoms with Crippen LogP contribution in [0.1, 0.15) is 72.3 Å². The summed E-state index contributed by atoms with van der Waals surface area (Å²) in [6, 6.07) is 9.10. The Morgan fingerprint density at radius 3 is 2.27 bits per heavy atom. The fraction of sp³-hybridized carbons (Fsp3) is 0.600. The van der Waals surface area contributed by atoms with Crippen LogP contribution in [0.5, 0.6) is 0 Å². The average Bonchev–Trinajstić information content (AvgIpc) is 2.54. The van der Waals surface area contributed by atoms with Crippen molar-refractivity contribution in [3.05, 3.63) is 29.8 Å². The van der Waals surface area contributed by atoms with Crippen molar-refractivity contribution >= 4 is 18.1 Å². The first-order chi connectivity index (χ1) is 10.5. The maximum Gasteiger partial charge on any atom is 0.0625 e. The number of benzene rings is 1. The van der Waals surface area contributed by atoms with E-state index in [9.17, 15) is 0 Å². The number of aliphatic imine (C=N–C) groups is 2. The van der Waals surface area contributed by atoms with Gasteiger partial charge in [-0.25, -0.2) is 0 Å². The zero-order chi connectivity index (χ0) is 16.4. The van der Waals surface area contributed by atoms with Crippen LogP contribution in [-0.2, 0) is 5.41 Å². The number of hydrogen-bond donors (Lipinski definition) is 0. The summed E-state index contributed by atoms with van der Waals surface area (Å²) in [5.74, 6) is 0. The van der Waals surface area contributed by atoms with Gasteiger partial charge in [0, 0.05) is 12.3 Å². The molecular weight excluding hydrogens is 268 g/mol. The van der Waals surface area contributed by atoms with E-state index in [1.165, 1.54) is 5.56 Å². The summed E-state index contributed by atoms with van der Waals surface area (Å²) in [6.45, 7) is 11.1. The lowest BCUT2D eigenvalue weighted by molar-refractivity contribution is 0.506. The quantitative estimate of drug-likeness (QED) is 0.388. The van der Waals surface area contributed by atoms with Crippen molar-refractivity contribution in [3.8, 4) is 0 Å². The van der Waals surface area contributed by atoms with Gasteiger partial charge < -0.3 is 0 Å². The smallest absolute Gasteiger partial charge is 0.0625 e. The molecule has 0 heterocycles. The van der Waals surface area contributed by atoms with Gasteiger partial charge in [-0.2, -0.15) is 0 Å². The number of unbranched alkanes of at least 4 members (excludes halogenated alkanes) is 2. The SMILES string of the molecule is CCC(C)/N=C/CCC/C=N/c1ccc(C(C)(C)CC)cc1. The van der Waals surface area contributed by atoms with Gasteiger partial charge in [0.2, 0.25) is 0 Å². The molecule has 1 aromatic rings. The van der Waals surface area contributed by atoms with Gasteiger partial charge in [0.1, 0.15) is 0 Å². The topological polar surface area (TPSA) is 24.7 Å². The third kappa shape index (κ3) is 6.55. The molecule has 2 heteroatoms. The van der Waals surface area contributed by atoms with Crippen molar-refractivity contribution in [2.75, 3.05) is 0 Å². The molecule has 1 rings (SSSR count). The van der Waals surface area contributed by atoms with Crippen molar-refractivity contribution < 1.29 is 0 Å². The molecule has 0 fully saturated rings. The molecule has 22 heavy (non-hydrogen) atoms. The van der Waals surface area contributed by atoms with Crippen LogP contribution in [0.25, 0.3) is 0 Å². The summed E-state index contributed by atoms with van der Waals surface area (Å²) in [5.41, 5.74) is 2.68. The van der Waals surface area contributed by atoms with Gasteiger partial charge in [0.05, 0.1) is 5.69 Å². The summed E-state index contributed by atoms with van der Waals surface area (Å²) in [6.07, 6.45) is 9.51. The van der Waals surface area contributed by atoms with Gasteiger partial charge in [-0.1, -0.05) is 39.8 Å². The fourth-order valence-corrected chi connectivity index (χ4v) is 2.03. The number of hydrogen-bond acceptors (Lipinski definition) is 2. The largest absolute Gasteiger partial charge is 0.295 e. The molecule has 1 unspecified atom stereocenters. The predicted octanol–water partition coefficient (Wildman–Crippen LogP) is 6.12. The standard InChI is InChI=1S/C20H32N2/c1-6-17(3)21-15-9-8-10-16-22-19-13-11-18(12-14-19)20(4,5)7-2/h11-17H,6-10H2,1-5H3/b21-15+,22-16+. The van der Waals surface area contributed by atoms with E-state index in [1.54, 1.807) is 0 Å². The average molecular weight is 300 g/mol. The lowest BCUT2D eigenvalue weighted by Gasteiger charge is -2.23. The summed E-state index contributed by atoms with van der Waals surface area (Å²) in [4.78, 5) is 9.00. The molecule has 0 aliphatic carbocycles. The van der Waals surface area contributed by atoms with E-state index in [2.05, 4.69) is 75.1 Å². The molecule has 0 saturated heterocycles. The first kappa shape index (κ1) is 18.6. The fourth-order valence-electron chi connectivity index (χ4n) is 2.03. The Bertz CT molecular complexity index is 469. The molecule has 1 aromatic carbocycles. The maximum atomic E-state index is 4.53. The van der Waals surface area contributed by atoms with Crippen LogP contribution in [0.2, 0.25) is 0 Å². The molecular formula is C20H32N2. The molecule has 0 bridgehead atoms. The Morgan fingerprint density at radius 1 is 1.05 bits per heavy atom. The Balaban J connectivity index is 2.37. The highest BCUT2D eigenvalue weighted by atomic mass is 14.7. The first-order valence-electron chi connectivity index (χ1n) is 8.64. The molecule has 122 valence electrons. The lowest BCUT2D eigenvalue weighted by atomic mass is 9.82. The van der Waals surface area contributed by atoms with Gasteiger partial charge in [-0.3, -0.25) is 9.98 Å². The van der Waals surface area contributed by atoms with E-state index < -0.39 is 0 Å². The van der Waals surface area contributed by atoms with Crippen LogP contribution in [0.3, 0.4) is 0 Å². The van der Waals surface area contributed by atoms with Gasteiger partial charge in [-0.05, 0) is 68.4 Å². The molecule has 0 aromatic heterocycles. The van der Waals surface area contributed by atoms with Gasteiger partial charge in [0.15, 0.2) is 0 Å². The maximum absolute atomic E-state index is 4.53. The molecule has 0 saturated carbocycles. The molecule has 0 aliphatic rings. The second-order valence-corrected chi connectivity index (χ2v) is 6.62. The van der Waals surface area contributed by atoms with E-state index in [-0.39, 0.29) is 5.41 Å². The Labute approximate surface area is 136 Å². The second kappa shape index (κ2) is 9.55. The first-order valence-corrected chi connectivity index (χ1v) is 8.64. The Hall–Kier alpha value is -1.44. The van der Waals surface area contributed by atoms with Gasteiger partial charge >= 0.3 is 0 Å². The highest BCUT2D eigenvalue weighted by molar-refractivity contribution is 5.64. The van der Waals surface area contributed by atoms with Crippen molar-refractivity contribution in [1.29, 1.82) is 0 Å². The minimum atomic E-state index is 0.247. The number of nitrogens with zero attached hydrogens (tertiary/aromatic N) is 2. The second-order valence-electron chi connectivity index (χ2n) is 6.62. The van der Waals surface area contributed by atoms with Crippen molar-refractivity contribution in [1.82, 2.24) is 0 Å². The van der Waals surface area contributed by atoms with Crippen molar-refractivity contribution in [2.45, 2.75) is 78.2 Å². The normalized spacial score (nSPS) is 14.0. The minimum Gasteiger partial charge on any atom is -0.295 e. The van der Waals surface area contributed by atoms with Crippen LogP contribution < -0.4 is 0 Å². The van der Waals surface area contributed by atoms with Crippen LogP contribution in [0, 0.1) is 0 Å². The van der Waals surface area contributed by atoms with Crippen molar-refractivity contribution in [2.24, 2.45) is 9.98 Å². The number of rotatable bonds is 9. The summed E-state index contributed by atoms with van der Waals surface area (Å²) in [7, 11) is 0.